The van der Waals surface area contributed by atoms with Gasteiger partial charge in [0.25, 0.3) is 0 Å². The summed E-state index contributed by atoms with van der Waals surface area (Å²) in [7, 11) is 0. The molecular formula is C22H23NO3. The monoisotopic (exact) mass is 349 g/mol. The number of likely N-dealkylation sites (tertiary alicyclic amines) is 1. The van der Waals surface area contributed by atoms with Crippen molar-refractivity contribution in [1.29, 1.82) is 0 Å². The summed E-state index contributed by atoms with van der Waals surface area (Å²) in [4.78, 5) is 14.3. The van der Waals surface area contributed by atoms with E-state index < -0.39 is 0 Å². The molecule has 3 fully saturated rings. The average Bonchev–Trinajstić information content (AvgIpc) is 3.06. The van der Waals surface area contributed by atoms with Crippen LogP contribution in [0.15, 0.2) is 60.7 Å². The number of amides is 1. The van der Waals surface area contributed by atoms with Crippen molar-refractivity contribution in [2.75, 3.05) is 13.1 Å². The molecule has 4 heteroatoms. The fourth-order valence-electron chi connectivity index (χ4n) is 4.84. The fourth-order valence-corrected chi connectivity index (χ4v) is 4.84. The lowest BCUT2D eigenvalue weighted by molar-refractivity contribution is 0.100. The normalized spacial score (nSPS) is 31.8. The van der Waals surface area contributed by atoms with Crippen molar-refractivity contribution in [1.82, 2.24) is 4.90 Å². The van der Waals surface area contributed by atoms with E-state index in [2.05, 4.69) is 24.3 Å². The molecular weight excluding hydrogens is 326 g/mol. The van der Waals surface area contributed by atoms with Crippen molar-refractivity contribution in [2.24, 2.45) is 11.8 Å². The van der Waals surface area contributed by atoms with E-state index in [0.29, 0.717) is 18.4 Å². The van der Waals surface area contributed by atoms with E-state index in [-0.39, 0.29) is 17.8 Å². The van der Waals surface area contributed by atoms with E-state index in [9.17, 15) is 4.79 Å². The molecule has 3 aliphatic rings. The Bertz CT molecular complexity index is 778. The lowest BCUT2D eigenvalue weighted by Crippen LogP contribution is -2.31. The highest BCUT2D eigenvalue weighted by Crippen LogP contribution is 2.63. The number of fused-ring (bicyclic) bond motifs is 1. The first kappa shape index (κ1) is 15.9. The van der Waals surface area contributed by atoms with Crippen LogP contribution in [0.1, 0.15) is 30.1 Å². The van der Waals surface area contributed by atoms with Crippen molar-refractivity contribution in [3.63, 3.8) is 0 Å². The van der Waals surface area contributed by atoms with Crippen molar-refractivity contribution >= 4 is 6.09 Å². The standard InChI is InChI=1S/C22H23NO3/c24-21(25-15-16-7-3-1-4-8-16)23-13-18-11-22(12-19(18)14-23)20(26-22)17-9-5-2-6-10-17/h1-10,18-20H,11-15H2/t18-,19+,20?,22?. The molecule has 2 aromatic rings. The van der Waals surface area contributed by atoms with Gasteiger partial charge in [-0.25, -0.2) is 4.79 Å². The molecule has 26 heavy (non-hydrogen) atoms. The molecule has 0 bridgehead atoms. The maximum atomic E-state index is 12.4. The second-order valence-corrected chi connectivity index (χ2v) is 7.85. The number of epoxide rings is 1. The lowest BCUT2D eigenvalue weighted by Gasteiger charge is -2.18. The van der Waals surface area contributed by atoms with Crippen LogP contribution in [0.25, 0.3) is 0 Å². The van der Waals surface area contributed by atoms with Crippen molar-refractivity contribution in [2.45, 2.75) is 31.2 Å². The van der Waals surface area contributed by atoms with Crippen LogP contribution < -0.4 is 0 Å². The highest BCUT2D eigenvalue weighted by Gasteiger charge is 2.64. The van der Waals surface area contributed by atoms with Crippen LogP contribution in [0.4, 0.5) is 4.79 Å². The maximum Gasteiger partial charge on any atom is 0.410 e. The van der Waals surface area contributed by atoms with Gasteiger partial charge in [0.1, 0.15) is 18.3 Å². The second kappa shape index (κ2) is 6.13. The molecule has 5 rings (SSSR count). The number of hydrogen-bond donors (Lipinski definition) is 0. The van der Waals surface area contributed by atoms with Crippen LogP contribution in [0.2, 0.25) is 0 Å². The van der Waals surface area contributed by atoms with E-state index in [1.54, 1.807) is 0 Å². The number of ether oxygens (including phenoxy) is 2. The van der Waals surface area contributed by atoms with E-state index >= 15 is 0 Å². The van der Waals surface area contributed by atoms with E-state index in [0.717, 1.165) is 31.5 Å². The summed E-state index contributed by atoms with van der Waals surface area (Å²) in [5.41, 5.74) is 2.33. The zero-order valence-corrected chi connectivity index (χ0v) is 14.7. The first-order chi connectivity index (χ1) is 12.7. The van der Waals surface area contributed by atoms with Crippen LogP contribution >= 0.6 is 0 Å². The fraction of sp³-hybridized carbons (Fsp3) is 0.409. The van der Waals surface area contributed by atoms with Crippen LogP contribution in [0, 0.1) is 11.8 Å². The van der Waals surface area contributed by atoms with Gasteiger partial charge < -0.3 is 14.4 Å². The minimum atomic E-state index is -0.186. The van der Waals surface area contributed by atoms with Crippen molar-refractivity contribution in [3.8, 4) is 0 Å². The van der Waals surface area contributed by atoms with E-state index in [4.69, 9.17) is 9.47 Å². The van der Waals surface area contributed by atoms with E-state index in [1.165, 1.54) is 5.56 Å². The second-order valence-electron chi connectivity index (χ2n) is 7.85. The SMILES string of the molecule is O=C(OCc1ccccc1)N1C[C@@H]2CC3(C[C@@H]2C1)OC3c1ccccc1. The maximum absolute atomic E-state index is 12.4. The van der Waals surface area contributed by atoms with Crippen LogP contribution in [0.3, 0.4) is 0 Å². The predicted octanol–water partition coefficient (Wildman–Crippen LogP) is 4.18. The smallest absolute Gasteiger partial charge is 0.410 e. The number of rotatable bonds is 3. The third kappa shape index (κ3) is 2.78. The Kier molecular flexibility index (Phi) is 3.75. The molecule has 0 radical (unpaired) electrons. The minimum Gasteiger partial charge on any atom is -0.445 e. The Morgan fingerprint density at radius 2 is 1.62 bits per heavy atom. The molecule has 1 spiro atoms. The molecule has 2 aliphatic heterocycles. The molecule has 1 saturated carbocycles. The summed E-state index contributed by atoms with van der Waals surface area (Å²) in [6.07, 6.45) is 2.17. The van der Waals surface area contributed by atoms with Gasteiger partial charge in [0.15, 0.2) is 0 Å². The summed E-state index contributed by atoms with van der Waals surface area (Å²) in [5, 5.41) is 0. The Morgan fingerprint density at radius 1 is 1.00 bits per heavy atom. The molecule has 2 unspecified atom stereocenters. The molecule has 2 saturated heterocycles. The van der Waals surface area contributed by atoms with Gasteiger partial charge in [-0.2, -0.15) is 0 Å². The number of benzene rings is 2. The molecule has 1 amide bonds. The third-order valence-corrected chi connectivity index (χ3v) is 6.13. The first-order valence-electron chi connectivity index (χ1n) is 9.42. The number of carbonyl (C=O) groups excluding carboxylic acids is 1. The Hall–Kier alpha value is -2.33. The summed E-state index contributed by atoms with van der Waals surface area (Å²) < 4.78 is 11.6. The topological polar surface area (TPSA) is 42.1 Å². The van der Waals surface area contributed by atoms with Gasteiger partial charge in [0, 0.05) is 13.1 Å². The van der Waals surface area contributed by atoms with Gasteiger partial charge in [-0.15, -0.1) is 0 Å². The zero-order valence-electron chi connectivity index (χ0n) is 14.7. The quantitative estimate of drug-likeness (QED) is 0.781. The Morgan fingerprint density at radius 3 is 2.27 bits per heavy atom. The largest absolute Gasteiger partial charge is 0.445 e. The van der Waals surface area contributed by atoms with Gasteiger partial charge in [-0.05, 0) is 35.8 Å². The molecule has 2 heterocycles. The van der Waals surface area contributed by atoms with Crippen molar-refractivity contribution in [3.05, 3.63) is 71.8 Å². The Labute approximate surface area is 153 Å². The van der Waals surface area contributed by atoms with Crippen LogP contribution in [0.5, 0.6) is 0 Å². The molecule has 4 nitrogen and oxygen atoms in total. The summed E-state index contributed by atoms with van der Waals surface area (Å²) in [6, 6.07) is 20.3. The van der Waals surface area contributed by atoms with Gasteiger partial charge in [0.2, 0.25) is 0 Å². The highest BCUT2D eigenvalue weighted by atomic mass is 16.6. The first-order valence-corrected chi connectivity index (χ1v) is 9.42. The Balaban J connectivity index is 1.16. The number of nitrogens with zero attached hydrogens (tertiary/aromatic N) is 1. The van der Waals surface area contributed by atoms with Gasteiger partial charge in [-0.1, -0.05) is 60.7 Å². The summed E-state index contributed by atoms with van der Waals surface area (Å²) in [5.74, 6) is 1.07. The van der Waals surface area contributed by atoms with Gasteiger partial charge >= 0.3 is 6.09 Å². The minimum absolute atomic E-state index is 0.0245. The van der Waals surface area contributed by atoms with Gasteiger partial charge in [-0.3, -0.25) is 0 Å². The van der Waals surface area contributed by atoms with Crippen LogP contribution in [-0.4, -0.2) is 29.7 Å². The number of carbonyl (C=O) groups is 1. The molecule has 4 atom stereocenters. The summed E-state index contributed by atoms with van der Waals surface area (Å²) in [6.45, 7) is 1.93. The van der Waals surface area contributed by atoms with E-state index in [1.807, 2.05) is 41.3 Å². The molecule has 0 N–H and O–H groups in total. The lowest BCUT2D eigenvalue weighted by atomic mass is 9.96. The van der Waals surface area contributed by atoms with Crippen molar-refractivity contribution < 1.29 is 14.3 Å². The third-order valence-electron chi connectivity index (χ3n) is 6.13. The molecule has 2 aromatic carbocycles. The van der Waals surface area contributed by atoms with Gasteiger partial charge in [0.05, 0.1) is 0 Å². The van der Waals surface area contributed by atoms with Crippen LogP contribution in [-0.2, 0) is 16.1 Å². The zero-order chi connectivity index (χ0) is 17.6. The highest BCUT2D eigenvalue weighted by molar-refractivity contribution is 5.68. The molecule has 134 valence electrons. The summed E-state index contributed by atoms with van der Waals surface area (Å²) >= 11 is 0. The molecule has 1 aliphatic carbocycles. The number of hydrogen-bond acceptors (Lipinski definition) is 3. The predicted molar refractivity (Wildman–Crippen MR) is 97.4 cm³/mol. The average molecular weight is 349 g/mol. The molecule has 0 aromatic heterocycles.